The van der Waals surface area contributed by atoms with E-state index in [1.807, 2.05) is 43.7 Å². The monoisotopic (exact) mass is 441 g/mol. The van der Waals surface area contributed by atoms with Crippen LogP contribution in [0.4, 0.5) is 5.69 Å². The first-order chi connectivity index (χ1) is 16.0. The number of fused-ring (bicyclic) bond motifs is 1. The van der Waals surface area contributed by atoms with Gasteiger partial charge in [-0.15, -0.1) is 0 Å². The molecule has 1 fully saturated rings. The number of hydrogen-bond donors (Lipinski definition) is 1. The van der Waals surface area contributed by atoms with Gasteiger partial charge in [-0.05, 0) is 23.8 Å². The molecule has 1 saturated heterocycles. The molecule has 33 heavy (non-hydrogen) atoms. The number of nitrogens with one attached hydrogen (secondary N) is 1. The van der Waals surface area contributed by atoms with Crippen molar-refractivity contribution < 1.29 is 9.53 Å². The zero-order valence-corrected chi connectivity index (χ0v) is 18.4. The molecule has 0 bridgehead atoms. The first kappa shape index (κ1) is 20.6. The Labute approximate surface area is 190 Å². The molecule has 0 unspecified atom stereocenters. The van der Waals surface area contributed by atoms with Crippen molar-refractivity contribution in [1.29, 1.82) is 5.26 Å². The number of carbonyl (C=O) groups is 1. The smallest absolute Gasteiger partial charge is 0.224 e. The molecule has 9 nitrogen and oxygen atoms in total. The average molecular weight is 441 g/mol. The standard InChI is InChI=1S/C24H23N7O2/c1-29-12-19(11-26-29)17-8-22(24-18(9-25)10-27-31(24)13-17)30-14-20(15-30)28-23(32)7-16-3-5-21(33-2)6-4-16/h3-6,8,10-13,20H,7,14-15H2,1-2H3,(H,28,32). The van der Waals surface area contributed by atoms with Gasteiger partial charge in [0, 0.05) is 43.7 Å². The highest BCUT2D eigenvalue weighted by Gasteiger charge is 2.30. The van der Waals surface area contributed by atoms with Crippen LogP contribution in [0.2, 0.25) is 0 Å². The number of hydrogen-bond acceptors (Lipinski definition) is 6. The number of amides is 1. The third kappa shape index (κ3) is 3.99. The van der Waals surface area contributed by atoms with Crippen molar-refractivity contribution in [1.82, 2.24) is 24.7 Å². The maximum absolute atomic E-state index is 12.5. The Morgan fingerprint density at radius 1 is 1.18 bits per heavy atom. The van der Waals surface area contributed by atoms with E-state index in [0.29, 0.717) is 25.1 Å². The molecule has 1 aromatic carbocycles. The lowest BCUT2D eigenvalue weighted by molar-refractivity contribution is -0.121. The molecule has 1 aliphatic rings. The third-order valence-electron chi connectivity index (χ3n) is 5.86. The van der Waals surface area contributed by atoms with Crippen molar-refractivity contribution in [3.05, 3.63) is 66.2 Å². The average Bonchev–Trinajstić information content (AvgIpc) is 3.42. The number of aryl methyl sites for hydroxylation is 1. The molecule has 166 valence electrons. The number of nitriles is 1. The Hall–Kier alpha value is -4.32. The van der Waals surface area contributed by atoms with Gasteiger partial charge in [0.05, 0.1) is 43.2 Å². The second kappa shape index (κ2) is 8.31. The fourth-order valence-corrected chi connectivity index (χ4v) is 4.13. The number of nitrogens with zero attached hydrogens (tertiary/aromatic N) is 6. The molecule has 0 aliphatic carbocycles. The number of methoxy groups -OCH3 is 1. The van der Waals surface area contributed by atoms with Gasteiger partial charge in [0.1, 0.15) is 17.3 Å². The van der Waals surface area contributed by atoms with E-state index in [4.69, 9.17) is 4.74 Å². The topological polar surface area (TPSA) is 100 Å². The Balaban J connectivity index is 1.31. The zero-order valence-electron chi connectivity index (χ0n) is 18.4. The molecule has 1 aliphatic heterocycles. The van der Waals surface area contributed by atoms with Crippen molar-refractivity contribution in [3.8, 4) is 22.9 Å². The Morgan fingerprint density at radius 2 is 1.97 bits per heavy atom. The van der Waals surface area contributed by atoms with Gasteiger partial charge in [-0.1, -0.05) is 12.1 Å². The number of anilines is 1. The summed E-state index contributed by atoms with van der Waals surface area (Å²) in [4.78, 5) is 14.7. The predicted molar refractivity (Wildman–Crippen MR) is 123 cm³/mol. The zero-order chi connectivity index (χ0) is 22.9. The second-order valence-corrected chi connectivity index (χ2v) is 8.17. The van der Waals surface area contributed by atoms with Gasteiger partial charge < -0.3 is 15.0 Å². The van der Waals surface area contributed by atoms with Crippen LogP contribution in [0.3, 0.4) is 0 Å². The van der Waals surface area contributed by atoms with Gasteiger partial charge in [0.2, 0.25) is 5.91 Å². The minimum atomic E-state index is -0.0128. The quantitative estimate of drug-likeness (QED) is 0.492. The van der Waals surface area contributed by atoms with Crippen molar-refractivity contribution in [2.24, 2.45) is 7.05 Å². The molecule has 1 amide bonds. The van der Waals surface area contributed by atoms with Gasteiger partial charge >= 0.3 is 0 Å². The molecule has 9 heteroatoms. The molecule has 3 aromatic heterocycles. The van der Waals surface area contributed by atoms with E-state index in [2.05, 4.69) is 32.5 Å². The summed E-state index contributed by atoms with van der Waals surface area (Å²) < 4.78 is 8.65. The van der Waals surface area contributed by atoms with Crippen LogP contribution in [0.15, 0.2) is 55.1 Å². The van der Waals surface area contributed by atoms with E-state index in [-0.39, 0.29) is 11.9 Å². The summed E-state index contributed by atoms with van der Waals surface area (Å²) in [5.41, 5.74) is 5.09. The van der Waals surface area contributed by atoms with E-state index in [0.717, 1.165) is 33.6 Å². The molecular weight excluding hydrogens is 418 g/mol. The van der Waals surface area contributed by atoms with E-state index >= 15 is 0 Å². The van der Waals surface area contributed by atoms with Crippen LogP contribution in [0, 0.1) is 11.3 Å². The van der Waals surface area contributed by atoms with Gasteiger partial charge in [0.15, 0.2) is 0 Å². The Bertz CT molecular complexity index is 1360. The van der Waals surface area contributed by atoms with Crippen LogP contribution in [0.5, 0.6) is 5.75 Å². The van der Waals surface area contributed by atoms with Gasteiger partial charge in [-0.3, -0.25) is 9.48 Å². The van der Waals surface area contributed by atoms with Crippen LogP contribution in [0.25, 0.3) is 16.6 Å². The lowest BCUT2D eigenvalue weighted by atomic mass is 10.0. The lowest BCUT2D eigenvalue weighted by Gasteiger charge is -2.41. The van der Waals surface area contributed by atoms with Crippen molar-refractivity contribution in [2.75, 3.05) is 25.1 Å². The highest BCUT2D eigenvalue weighted by atomic mass is 16.5. The van der Waals surface area contributed by atoms with Gasteiger partial charge in [-0.2, -0.15) is 15.5 Å². The van der Waals surface area contributed by atoms with E-state index in [1.54, 1.807) is 28.7 Å². The predicted octanol–water partition coefficient (Wildman–Crippen LogP) is 2.16. The Morgan fingerprint density at radius 3 is 2.64 bits per heavy atom. The summed E-state index contributed by atoms with van der Waals surface area (Å²) in [7, 11) is 3.49. The number of ether oxygens (including phenoxy) is 1. The maximum atomic E-state index is 12.5. The fraction of sp³-hybridized carbons (Fsp3) is 0.250. The van der Waals surface area contributed by atoms with Crippen LogP contribution in [0.1, 0.15) is 11.1 Å². The Kier molecular flexibility index (Phi) is 5.18. The first-order valence-electron chi connectivity index (χ1n) is 10.6. The molecule has 4 heterocycles. The molecule has 0 atom stereocenters. The summed E-state index contributed by atoms with van der Waals surface area (Å²) in [6.45, 7) is 1.33. The summed E-state index contributed by atoms with van der Waals surface area (Å²) >= 11 is 0. The molecule has 0 spiro atoms. The molecule has 0 saturated carbocycles. The molecule has 1 N–H and O–H groups in total. The number of benzene rings is 1. The van der Waals surface area contributed by atoms with Crippen LogP contribution in [-0.2, 0) is 18.3 Å². The first-order valence-corrected chi connectivity index (χ1v) is 10.6. The summed E-state index contributed by atoms with van der Waals surface area (Å²) in [6.07, 6.45) is 7.56. The number of aromatic nitrogens is 4. The van der Waals surface area contributed by atoms with Crippen LogP contribution >= 0.6 is 0 Å². The van der Waals surface area contributed by atoms with Crippen LogP contribution in [-0.4, -0.2) is 51.5 Å². The highest BCUT2D eigenvalue weighted by Crippen LogP contribution is 2.33. The molecule has 5 rings (SSSR count). The number of carbonyl (C=O) groups excluding carboxylic acids is 1. The van der Waals surface area contributed by atoms with E-state index < -0.39 is 0 Å². The van der Waals surface area contributed by atoms with Crippen molar-refractivity contribution in [3.63, 3.8) is 0 Å². The summed E-state index contributed by atoms with van der Waals surface area (Å²) in [5, 5.41) is 21.3. The van der Waals surface area contributed by atoms with Gasteiger partial charge in [-0.25, -0.2) is 4.52 Å². The van der Waals surface area contributed by atoms with E-state index in [1.165, 1.54) is 0 Å². The minimum Gasteiger partial charge on any atom is -0.497 e. The fourth-order valence-electron chi connectivity index (χ4n) is 4.13. The normalized spacial score (nSPS) is 13.5. The van der Waals surface area contributed by atoms with Crippen molar-refractivity contribution in [2.45, 2.75) is 12.5 Å². The molecular formula is C24H23N7O2. The van der Waals surface area contributed by atoms with E-state index in [9.17, 15) is 10.1 Å². The largest absolute Gasteiger partial charge is 0.497 e. The summed E-state index contributed by atoms with van der Waals surface area (Å²) in [6, 6.07) is 11.8. The minimum absolute atomic E-state index is 0.0128. The lowest BCUT2D eigenvalue weighted by Crippen LogP contribution is -2.59. The maximum Gasteiger partial charge on any atom is 0.224 e. The number of rotatable bonds is 6. The van der Waals surface area contributed by atoms with Crippen LogP contribution < -0.4 is 15.0 Å². The third-order valence-corrected chi connectivity index (χ3v) is 5.86. The van der Waals surface area contributed by atoms with Crippen molar-refractivity contribution >= 4 is 17.1 Å². The molecule has 0 radical (unpaired) electrons. The highest BCUT2D eigenvalue weighted by molar-refractivity contribution is 5.85. The number of pyridine rings is 1. The second-order valence-electron chi connectivity index (χ2n) is 8.17. The van der Waals surface area contributed by atoms with Gasteiger partial charge in [0.25, 0.3) is 0 Å². The summed E-state index contributed by atoms with van der Waals surface area (Å²) in [5.74, 6) is 0.756. The SMILES string of the molecule is COc1ccc(CC(=O)NC2CN(c3cc(-c4cnn(C)c4)cn4ncc(C#N)c34)C2)cc1. The molecule has 4 aromatic rings.